The van der Waals surface area contributed by atoms with E-state index in [4.69, 9.17) is 4.74 Å². The van der Waals surface area contributed by atoms with Crippen molar-refractivity contribution in [1.29, 1.82) is 0 Å². The highest BCUT2D eigenvalue weighted by Crippen LogP contribution is 2.39. The summed E-state index contributed by atoms with van der Waals surface area (Å²) >= 11 is 0. The lowest BCUT2D eigenvalue weighted by atomic mass is 9.96. The maximum Gasteiger partial charge on any atom is 0.142 e. The molecule has 3 aromatic rings. The summed E-state index contributed by atoms with van der Waals surface area (Å²) in [5, 5.41) is 8.10. The van der Waals surface area contributed by atoms with Crippen molar-refractivity contribution in [3.63, 3.8) is 0 Å². The molecule has 2 heterocycles. The van der Waals surface area contributed by atoms with E-state index in [9.17, 15) is 4.39 Å². The van der Waals surface area contributed by atoms with Gasteiger partial charge in [0.15, 0.2) is 0 Å². The van der Waals surface area contributed by atoms with Crippen molar-refractivity contribution in [2.24, 2.45) is 0 Å². The minimum Gasteiger partial charge on any atom is -0.490 e. The highest BCUT2D eigenvalue weighted by atomic mass is 19.1. The van der Waals surface area contributed by atoms with Gasteiger partial charge >= 0.3 is 0 Å². The summed E-state index contributed by atoms with van der Waals surface area (Å²) in [6, 6.07) is 9.17. The van der Waals surface area contributed by atoms with Crippen LogP contribution in [0.4, 0.5) is 15.9 Å². The monoisotopic (exact) mass is 323 g/mol. The smallest absolute Gasteiger partial charge is 0.142 e. The van der Waals surface area contributed by atoms with Crippen molar-refractivity contribution in [2.45, 2.75) is 6.92 Å². The summed E-state index contributed by atoms with van der Waals surface area (Å²) < 4.78 is 20.4. The topological polar surface area (TPSA) is 46.2 Å². The lowest BCUT2D eigenvalue weighted by molar-refractivity contribution is 0.323. The Morgan fingerprint density at radius 3 is 2.88 bits per heavy atom. The van der Waals surface area contributed by atoms with Gasteiger partial charge in [0.25, 0.3) is 0 Å². The molecule has 5 heteroatoms. The summed E-state index contributed by atoms with van der Waals surface area (Å²) in [6.45, 7) is 3.40. The average molecular weight is 323 g/mol. The lowest BCUT2D eigenvalue weighted by Gasteiger charge is -2.23. The molecule has 0 spiro atoms. The van der Waals surface area contributed by atoms with Crippen molar-refractivity contribution in [2.75, 3.05) is 30.8 Å². The first kappa shape index (κ1) is 14.8. The number of benzene rings is 2. The number of hydrogen-bond donors (Lipinski definition) is 2. The molecule has 0 saturated carbocycles. The summed E-state index contributed by atoms with van der Waals surface area (Å²) in [6.07, 6.45) is 1.68. The highest BCUT2D eigenvalue weighted by molar-refractivity contribution is 5.90. The van der Waals surface area contributed by atoms with E-state index in [1.165, 1.54) is 0 Å². The van der Waals surface area contributed by atoms with Crippen molar-refractivity contribution in [3.05, 3.63) is 47.9 Å². The second-order valence-electron chi connectivity index (χ2n) is 5.89. The predicted molar refractivity (Wildman–Crippen MR) is 95.4 cm³/mol. The molecule has 1 aliphatic heterocycles. The van der Waals surface area contributed by atoms with Gasteiger partial charge in [-0.2, -0.15) is 0 Å². The average Bonchev–Trinajstić information content (AvgIpc) is 2.62. The number of nitrogens with zero attached hydrogens (tertiary/aromatic N) is 1. The molecule has 122 valence electrons. The summed E-state index contributed by atoms with van der Waals surface area (Å²) in [5.41, 5.74) is 3.40. The molecular weight excluding hydrogens is 305 g/mol. The molecule has 4 nitrogen and oxygen atoms in total. The van der Waals surface area contributed by atoms with Gasteiger partial charge in [0.1, 0.15) is 24.0 Å². The van der Waals surface area contributed by atoms with Crippen LogP contribution in [0.1, 0.15) is 5.56 Å². The molecule has 4 rings (SSSR count). The van der Waals surface area contributed by atoms with E-state index in [2.05, 4.69) is 15.6 Å². The van der Waals surface area contributed by atoms with Gasteiger partial charge in [-0.25, -0.2) is 9.37 Å². The van der Waals surface area contributed by atoms with E-state index < -0.39 is 0 Å². The van der Waals surface area contributed by atoms with E-state index >= 15 is 0 Å². The maximum atomic E-state index is 14.7. The number of aromatic nitrogens is 1. The lowest BCUT2D eigenvalue weighted by Crippen LogP contribution is -2.19. The first-order valence-electron chi connectivity index (χ1n) is 7.95. The van der Waals surface area contributed by atoms with Crippen LogP contribution in [0, 0.1) is 12.7 Å². The molecule has 0 amide bonds. The normalized spacial score (nSPS) is 13.1. The molecule has 0 unspecified atom stereocenters. The Kier molecular flexibility index (Phi) is 3.49. The fourth-order valence-corrected chi connectivity index (χ4v) is 3.16. The van der Waals surface area contributed by atoms with Crippen molar-refractivity contribution in [1.82, 2.24) is 4.98 Å². The molecule has 0 atom stereocenters. The molecule has 0 saturated heterocycles. The first-order valence-corrected chi connectivity index (χ1v) is 7.95. The van der Waals surface area contributed by atoms with Crippen molar-refractivity contribution < 1.29 is 9.13 Å². The number of fused-ring (bicyclic) bond motifs is 2. The van der Waals surface area contributed by atoms with Crippen LogP contribution in [0.15, 0.2) is 36.5 Å². The van der Waals surface area contributed by atoms with Crippen LogP contribution in [0.2, 0.25) is 0 Å². The quantitative estimate of drug-likeness (QED) is 0.742. The Bertz CT molecular complexity index is 940. The van der Waals surface area contributed by atoms with Crippen LogP contribution in [0.3, 0.4) is 0 Å². The molecule has 0 radical (unpaired) electrons. The zero-order chi connectivity index (χ0) is 16.7. The Morgan fingerprint density at radius 2 is 2.04 bits per heavy atom. The SMILES string of the molecule is CNc1cc2cc(-c3ccc4c(c3C)NCCO4)c(F)cc2cn1. The third kappa shape index (κ3) is 2.33. The van der Waals surface area contributed by atoms with Crippen LogP contribution in [-0.4, -0.2) is 25.2 Å². The molecule has 2 aromatic carbocycles. The fourth-order valence-electron chi connectivity index (χ4n) is 3.16. The summed E-state index contributed by atoms with van der Waals surface area (Å²) in [7, 11) is 1.82. The number of ether oxygens (including phenoxy) is 1. The second-order valence-corrected chi connectivity index (χ2v) is 5.89. The minimum absolute atomic E-state index is 0.249. The van der Waals surface area contributed by atoms with Gasteiger partial charge in [-0.15, -0.1) is 0 Å². The van der Waals surface area contributed by atoms with Crippen molar-refractivity contribution >= 4 is 22.3 Å². The van der Waals surface area contributed by atoms with Crippen molar-refractivity contribution in [3.8, 4) is 16.9 Å². The van der Waals surface area contributed by atoms with Gasteiger partial charge in [0.05, 0.1) is 5.69 Å². The van der Waals surface area contributed by atoms with E-state index in [0.29, 0.717) is 12.2 Å². The van der Waals surface area contributed by atoms with Crippen LogP contribution < -0.4 is 15.4 Å². The van der Waals surface area contributed by atoms with Crippen LogP contribution in [0.25, 0.3) is 21.9 Å². The van der Waals surface area contributed by atoms with Crippen LogP contribution in [-0.2, 0) is 0 Å². The molecule has 1 aliphatic rings. The third-order valence-corrected chi connectivity index (χ3v) is 4.44. The molecular formula is C19H18FN3O. The van der Waals surface area contributed by atoms with E-state index in [-0.39, 0.29) is 5.82 Å². The Hall–Kier alpha value is -2.82. The zero-order valence-corrected chi connectivity index (χ0v) is 13.6. The van der Waals surface area contributed by atoms with Gasteiger partial charge in [-0.3, -0.25) is 0 Å². The molecule has 2 N–H and O–H groups in total. The predicted octanol–water partition coefficient (Wildman–Crippen LogP) is 4.20. The Labute approximate surface area is 139 Å². The fraction of sp³-hybridized carbons (Fsp3) is 0.211. The van der Waals surface area contributed by atoms with Gasteiger partial charge in [-0.1, -0.05) is 6.07 Å². The van der Waals surface area contributed by atoms with E-state index in [0.717, 1.165) is 45.7 Å². The van der Waals surface area contributed by atoms with Gasteiger partial charge < -0.3 is 15.4 Å². The largest absolute Gasteiger partial charge is 0.490 e. The molecule has 1 aromatic heterocycles. The highest BCUT2D eigenvalue weighted by Gasteiger charge is 2.17. The second kappa shape index (κ2) is 5.67. The van der Waals surface area contributed by atoms with E-state index in [1.807, 2.05) is 38.2 Å². The van der Waals surface area contributed by atoms with Gasteiger partial charge in [-0.05, 0) is 47.7 Å². The van der Waals surface area contributed by atoms with Gasteiger partial charge in [0.2, 0.25) is 0 Å². The van der Waals surface area contributed by atoms with E-state index in [1.54, 1.807) is 12.3 Å². The minimum atomic E-state index is -0.249. The standard InChI is InChI=1S/C19H18FN3O/c1-11-14(3-4-17-19(11)22-5-6-24-17)15-7-12-9-18(21-2)23-10-13(12)8-16(15)20/h3-4,7-10,22H,5-6H2,1-2H3,(H,21,23). The zero-order valence-electron chi connectivity index (χ0n) is 13.6. The third-order valence-electron chi connectivity index (χ3n) is 4.44. The number of anilines is 2. The number of pyridine rings is 1. The first-order chi connectivity index (χ1) is 11.7. The Morgan fingerprint density at radius 1 is 1.17 bits per heavy atom. The van der Waals surface area contributed by atoms with Gasteiger partial charge in [0, 0.05) is 30.7 Å². The summed E-state index contributed by atoms with van der Waals surface area (Å²) in [4.78, 5) is 4.24. The molecule has 0 aliphatic carbocycles. The number of halogens is 1. The maximum absolute atomic E-state index is 14.7. The number of nitrogens with one attached hydrogen (secondary N) is 2. The molecule has 24 heavy (non-hydrogen) atoms. The molecule has 0 bridgehead atoms. The number of rotatable bonds is 2. The van der Waals surface area contributed by atoms with Crippen LogP contribution in [0.5, 0.6) is 5.75 Å². The Balaban J connectivity index is 1.91. The molecule has 0 fully saturated rings. The van der Waals surface area contributed by atoms with Crippen LogP contribution >= 0.6 is 0 Å². The summed E-state index contributed by atoms with van der Waals surface area (Å²) in [5.74, 6) is 1.34. The number of hydrogen-bond acceptors (Lipinski definition) is 4.